The second-order valence-electron chi connectivity index (χ2n) is 1.82. The van der Waals surface area contributed by atoms with Crippen LogP contribution in [-0.4, -0.2) is 24.3 Å². The number of benzene rings is 1. The van der Waals surface area contributed by atoms with Gasteiger partial charge in [-0.2, -0.15) is 0 Å². The molecule has 0 aromatic heterocycles. The summed E-state index contributed by atoms with van der Waals surface area (Å²) in [7, 11) is -0.816. The number of hydrogen-bond donors (Lipinski definition) is 2. The van der Waals surface area contributed by atoms with E-state index >= 15 is 0 Å². The molecular weight excluding hydrogens is 143 g/mol. The standard InChI is InChI=1S/C7H9BO3/c1-11-7-4-2-6(3-5-7)8(9)10/h2-5,9-10H,1H3/i2D,3D,4D,5D. The zero-order valence-corrected chi connectivity index (χ0v) is 5.88. The van der Waals surface area contributed by atoms with Gasteiger partial charge in [0.25, 0.3) is 0 Å². The van der Waals surface area contributed by atoms with Crippen molar-refractivity contribution in [1.82, 2.24) is 0 Å². The Morgan fingerprint density at radius 1 is 1.36 bits per heavy atom. The summed E-state index contributed by atoms with van der Waals surface area (Å²) in [6, 6.07) is -1.88. The van der Waals surface area contributed by atoms with Gasteiger partial charge in [-0.3, -0.25) is 0 Å². The van der Waals surface area contributed by atoms with Crippen LogP contribution in [0.4, 0.5) is 0 Å². The molecule has 0 aliphatic rings. The van der Waals surface area contributed by atoms with E-state index < -0.39 is 36.8 Å². The van der Waals surface area contributed by atoms with Crippen molar-refractivity contribution in [3.63, 3.8) is 0 Å². The Morgan fingerprint density at radius 3 is 2.27 bits per heavy atom. The summed E-state index contributed by atoms with van der Waals surface area (Å²) in [6.07, 6.45) is 0. The zero-order valence-electron chi connectivity index (χ0n) is 9.88. The van der Waals surface area contributed by atoms with Crippen LogP contribution in [0.25, 0.3) is 0 Å². The lowest BCUT2D eigenvalue weighted by atomic mass is 9.80. The molecule has 0 fully saturated rings. The Kier molecular flexibility index (Phi) is 1.28. The molecule has 0 saturated carbocycles. The quantitative estimate of drug-likeness (QED) is 0.560. The zero-order chi connectivity index (χ0) is 11.7. The minimum Gasteiger partial charge on any atom is -0.497 e. The largest absolute Gasteiger partial charge is 0.497 e. The van der Waals surface area contributed by atoms with E-state index in [0.717, 1.165) is 0 Å². The van der Waals surface area contributed by atoms with Crippen molar-refractivity contribution in [2.45, 2.75) is 0 Å². The van der Waals surface area contributed by atoms with Crippen LogP contribution in [0.5, 0.6) is 5.75 Å². The molecule has 0 heterocycles. The molecule has 11 heavy (non-hydrogen) atoms. The van der Waals surface area contributed by atoms with Crippen LogP contribution in [0.15, 0.2) is 24.2 Å². The molecule has 0 saturated heterocycles. The minimum atomic E-state index is -2.04. The topological polar surface area (TPSA) is 49.7 Å². The highest BCUT2D eigenvalue weighted by Gasteiger charge is 2.09. The molecule has 1 rings (SSSR count). The van der Waals surface area contributed by atoms with Crippen LogP contribution in [0.3, 0.4) is 0 Å². The van der Waals surface area contributed by atoms with Crippen LogP contribution >= 0.6 is 0 Å². The van der Waals surface area contributed by atoms with E-state index in [2.05, 4.69) is 0 Å². The minimum absolute atomic E-state index is 0.214. The second kappa shape index (κ2) is 3.41. The number of hydrogen-bond acceptors (Lipinski definition) is 3. The predicted molar refractivity (Wildman–Crippen MR) is 42.8 cm³/mol. The third kappa shape index (κ3) is 1.96. The Morgan fingerprint density at radius 2 is 1.91 bits per heavy atom. The van der Waals surface area contributed by atoms with Gasteiger partial charge in [-0.1, -0.05) is 12.1 Å². The number of ether oxygens (including phenoxy) is 1. The van der Waals surface area contributed by atoms with Gasteiger partial charge in [0.05, 0.1) is 12.6 Å². The van der Waals surface area contributed by atoms with Gasteiger partial charge < -0.3 is 14.8 Å². The summed E-state index contributed by atoms with van der Waals surface area (Å²) >= 11 is 0. The van der Waals surface area contributed by atoms with Crippen LogP contribution in [0.1, 0.15) is 5.48 Å². The highest BCUT2D eigenvalue weighted by molar-refractivity contribution is 6.58. The smallest absolute Gasteiger partial charge is 0.488 e. The molecule has 0 aliphatic heterocycles. The van der Waals surface area contributed by atoms with Gasteiger partial charge >= 0.3 is 7.12 Å². The van der Waals surface area contributed by atoms with E-state index in [1.807, 2.05) is 0 Å². The van der Waals surface area contributed by atoms with Crippen LogP contribution in [0.2, 0.25) is 0 Å². The highest BCUT2D eigenvalue weighted by atomic mass is 16.5. The summed E-state index contributed by atoms with van der Waals surface area (Å²) in [5, 5.41) is 17.8. The maximum Gasteiger partial charge on any atom is 0.488 e. The molecular formula is C7H9BO3. The third-order valence-electron chi connectivity index (χ3n) is 1.08. The summed E-state index contributed by atoms with van der Waals surface area (Å²) in [4.78, 5) is 0. The fourth-order valence-electron chi connectivity index (χ4n) is 0.542. The SMILES string of the molecule is [2H]c1c([2H])c(B(O)O)c([2H])c([2H])c1OC. The molecule has 1 aromatic rings. The first-order valence-corrected chi connectivity index (χ1v) is 2.92. The Hall–Kier alpha value is -0.995. The summed E-state index contributed by atoms with van der Waals surface area (Å²) < 4.78 is 34.4. The van der Waals surface area contributed by atoms with E-state index in [9.17, 15) is 0 Å². The lowest BCUT2D eigenvalue weighted by Gasteiger charge is -2.00. The number of rotatable bonds is 2. The fourth-order valence-corrected chi connectivity index (χ4v) is 0.542. The van der Waals surface area contributed by atoms with Crippen molar-refractivity contribution in [2.75, 3.05) is 7.11 Å². The van der Waals surface area contributed by atoms with Crippen molar-refractivity contribution in [3.8, 4) is 5.75 Å². The fraction of sp³-hybridized carbons (Fsp3) is 0.143. The molecule has 0 bridgehead atoms. The van der Waals surface area contributed by atoms with Crippen molar-refractivity contribution in [1.29, 1.82) is 0 Å². The van der Waals surface area contributed by atoms with E-state index in [1.165, 1.54) is 7.11 Å². The first-order valence-electron chi connectivity index (χ1n) is 4.92. The first kappa shape index (κ1) is 4.14. The Bertz CT molecular complexity index is 367. The molecule has 3 nitrogen and oxygen atoms in total. The van der Waals surface area contributed by atoms with E-state index in [4.69, 9.17) is 20.3 Å². The van der Waals surface area contributed by atoms with Gasteiger partial charge in [0.15, 0.2) is 0 Å². The Labute approximate surface area is 71.0 Å². The molecule has 0 aliphatic carbocycles. The monoisotopic (exact) mass is 156 g/mol. The highest BCUT2D eigenvalue weighted by Crippen LogP contribution is 2.05. The van der Waals surface area contributed by atoms with Gasteiger partial charge in [0.2, 0.25) is 0 Å². The van der Waals surface area contributed by atoms with E-state index in [0.29, 0.717) is 0 Å². The maximum absolute atomic E-state index is 8.91. The molecule has 4 heteroatoms. The first-order chi connectivity index (χ1) is 6.91. The van der Waals surface area contributed by atoms with Gasteiger partial charge in [0.1, 0.15) is 5.75 Å². The van der Waals surface area contributed by atoms with Crippen molar-refractivity contribution in [2.24, 2.45) is 0 Å². The van der Waals surface area contributed by atoms with Crippen molar-refractivity contribution in [3.05, 3.63) is 24.2 Å². The summed E-state index contributed by atoms with van der Waals surface area (Å²) in [5.41, 5.74) is -0.453. The van der Waals surface area contributed by atoms with E-state index in [1.54, 1.807) is 0 Å². The van der Waals surface area contributed by atoms with Gasteiger partial charge in [0, 0.05) is 0 Å². The normalized spacial score (nSPS) is 14.5. The van der Waals surface area contributed by atoms with Gasteiger partial charge in [-0.05, 0) is 17.5 Å². The molecule has 1 aromatic carbocycles. The summed E-state index contributed by atoms with van der Waals surface area (Å²) in [6.45, 7) is 0. The van der Waals surface area contributed by atoms with Crippen LogP contribution in [-0.2, 0) is 0 Å². The van der Waals surface area contributed by atoms with Crippen LogP contribution in [0, 0.1) is 0 Å². The molecule has 0 unspecified atom stereocenters. The van der Waals surface area contributed by atoms with Gasteiger partial charge in [-0.15, -0.1) is 0 Å². The Balaban J connectivity index is 3.59. The molecule has 2 N–H and O–H groups in total. The van der Waals surface area contributed by atoms with Crippen molar-refractivity contribution >= 4 is 12.6 Å². The maximum atomic E-state index is 8.91. The summed E-state index contributed by atoms with van der Waals surface area (Å²) in [5.74, 6) is -0.214. The lowest BCUT2D eigenvalue weighted by Crippen LogP contribution is -2.29. The number of methoxy groups -OCH3 is 1. The average Bonchev–Trinajstić information content (AvgIpc) is 2.16. The molecule has 58 valence electrons. The molecule has 0 atom stereocenters. The molecule has 0 radical (unpaired) electrons. The molecule has 0 amide bonds. The van der Waals surface area contributed by atoms with Crippen LogP contribution < -0.4 is 10.2 Å². The van der Waals surface area contributed by atoms with Crippen molar-refractivity contribution < 1.29 is 20.3 Å². The lowest BCUT2D eigenvalue weighted by molar-refractivity contribution is 0.414. The molecule has 0 spiro atoms. The predicted octanol–water partition coefficient (Wildman–Crippen LogP) is -0.625. The van der Waals surface area contributed by atoms with E-state index in [-0.39, 0.29) is 5.75 Å². The average molecular weight is 156 g/mol. The third-order valence-corrected chi connectivity index (χ3v) is 1.08. The second-order valence-corrected chi connectivity index (χ2v) is 1.82. The van der Waals surface area contributed by atoms with Gasteiger partial charge in [-0.25, -0.2) is 0 Å².